The Hall–Kier alpha value is -0.610. The van der Waals surface area contributed by atoms with Crippen LogP contribution < -0.4 is 0 Å². The summed E-state index contributed by atoms with van der Waals surface area (Å²) in [5.41, 5.74) is 0. The molecular weight excluding hydrogens is 146 g/mol. The Morgan fingerprint density at radius 2 is 2.09 bits per heavy atom. The third kappa shape index (κ3) is 3.95. The quantitative estimate of drug-likeness (QED) is 0.561. The number of nitrogens with zero attached hydrogens (tertiary/aromatic N) is 1. The predicted octanol–water partition coefficient (Wildman–Crippen LogP) is 0.431. The van der Waals surface area contributed by atoms with Crippen molar-refractivity contribution in [2.45, 2.75) is 19.4 Å². The molecule has 0 aliphatic carbocycles. The Bertz CT molecular complexity index is 127. The van der Waals surface area contributed by atoms with E-state index >= 15 is 0 Å². The van der Waals surface area contributed by atoms with E-state index < -0.39 is 0 Å². The van der Waals surface area contributed by atoms with Crippen LogP contribution in [0.15, 0.2) is 0 Å². The van der Waals surface area contributed by atoms with E-state index in [-0.39, 0.29) is 12.0 Å². The maximum Gasteiger partial charge on any atom is 0.248 e. The second kappa shape index (κ2) is 5.09. The smallest absolute Gasteiger partial charge is 0.248 e. The van der Waals surface area contributed by atoms with Gasteiger partial charge in [0.05, 0.1) is 19.6 Å². The standard InChI is InChI=1S/C7H15NO3/c1-6(10-3)5-7(9)8(2)11-4/h6H,5H2,1-4H3/t6-/m0/s1. The number of carbonyl (C=O) groups is 1. The lowest BCUT2D eigenvalue weighted by Crippen LogP contribution is -2.28. The molecule has 0 rings (SSSR count). The summed E-state index contributed by atoms with van der Waals surface area (Å²) in [7, 11) is 4.60. The van der Waals surface area contributed by atoms with E-state index in [1.807, 2.05) is 6.92 Å². The zero-order valence-corrected chi connectivity index (χ0v) is 7.46. The summed E-state index contributed by atoms with van der Waals surface area (Å²) in [5, 5.41) is 1.19. The van der Waals surface area contributed by atoms with E-state index in [2.05, 4.69) is 4.84 Å². The molecule has 0 aromatic rings. The fourth-order valence-corrected chi connectivity index (χ4v) is 0.560. The normalized spacial score (nSPS) is 12.7. The zero-order valence-electron chi connectivity index (χ0n) is 7.46. The van der Waals surface area contributed by atoms with E-state index in [4.69, 9.17) is 4.74 Å². The molecule has 0 aliphatic rings. The van der Waals surface area contributed by atoms with Gasteiger partial charge >= 0.3 is 0 Å². The van der Waals surface area contributed by atoms with Crippen molar-refractivity contribution in [3.05, 3.63) is 0 Å². The number of methoxy groups -OCH3 is 1. The fraction of sp³-hybridized carbons (Fsp3) is 0.857. The van der Waals surface area contributed by atoms with Crippen molar-refractivity contribution < 1.29 is 14.4 Å². The Labute approximate surface area is 67.0 Å². The summed E-state index contributed by atoms with van der Waals surface area (Å²) in [4.78, 5) is 15.7. The van der Waals surface area contributed by atoms with Gasteiger partial charge in [0.1, 0.15) is 0 Å². The molecule has 0 aliphatic heterocycles. The zero-order chi connectivity index (χ0) is 8.85. The van der Waals surface area contributed by atoms with Gasteiger partial charge in [-0.25, -0.2) is 5.06 Å². The molecule has 0 unspecified atom stereocenters. The largest absolute Gasteiger partial charge is 0.381 e. The van der Waals surface area contributed by atoms with Gasteiger partial charge in [0.15, 0.2) is 0 Å². The van der Waals surface area contributed by atoms with Crippen molar-refractivity contribution in [3.8, 4) is 0 Å². The number of rotatable bonds is 4. The number of carbonyl (C=O) groups excluding carboxylic acids is 1. The highest BCUT2D eigenvalue weighted by Crippen LogP contribution is 1.98. The molecule has 1 atom stereocenters. The minimum absolute atomic E-state index is 0.0555. The van der Waals surface area contributed by atoms with E-state index in [9.17, 15) is 4.79 Å². The van der Waals surface area contributed by atoms with E-state index in [0.29, 0.717) is 6.42 Å². The minimum atomic E-state index is -0.0816. The highest BCUT2D eigenvalue weighted by atomic mass is 16.7. The molecular formula is C7H15NO3. The highest BCUT2D eigenvalue weighted by Gasteiger charge is 2.11. The summed E-state index contributed by atoms with van der Waals surface area (Å²) in [5.74, 6) is -0.0816. The second-order valence-electron chi connectivity index (χ2n) is 2.32. The van der Waals surface area contributed by atoms with Crippen LogP contribution in [0, 0.1) is 0 Å². The number of ether oxygens (including phenoxy) is 1. The van der Waals surface area contributed by atoms with Gasteiger partial charge in [-0.3, -0.25) is 9.63 Å². The van der Waals surface area contributed by atoms with Crippen LogP contribution in [0.4, 0.5) is 0 Å². The first-order valence-electron chi connectivity index (χ1n) is 3.45. The van der Waals surface area contributed by atoms with Crippen LogP contribution in [0.3, 0.4) is 0 Å². The average Bonchev–Trinajstić information content (AvgIpc) is 2.02. The summed E-state index contributed by atoms with van der Waals surface area (Å²) in [6.07, 6.45) is 0.293. The molecule has 0 saturated heterocycles. The third-order valence-corrected chi connectivity index (χ3v) is 1.49. The van der Waals surface area contributed by atoms with E-state index in [1.165, 1.54) is 12.2 Å². The van der Waals surface area contributed by atoms with Gasteiger partial charge in [0.25, 0.3) is 0 Å². The first-order valence-corrected chi connectivity index (χ1v) is 3.45. The van der Waals surface area contributed by atoms with Crippen molar-refractivity contribution in [2.75, 3.05) is 21.3 Å². The van der Waals surface area contributed by atoms with E-state index in [0.717, 1.165) is 0 Å². The highest BCUT2D eigenvalue weighted by molar-refractivity contribution is 5.75. The van der Waals surface area contributed by atoms with Crippen molar-refractivity contribution in [3.63, 3.8) is 0 Å². The van der Waals surface area contributed by atoms with Crippen LogP contribution in [0.5, 0.6) is 0 Å². The SMILES string of the molecule is CO[C@@H](C)CC(=O)N(C)OC. The van der Waals surface area contributed by atoms with Gasteiger partial charge in [-0.2, -0.15) is 0 Å². The number of hydroxylamine groups is 2. The Morgan fingerprint density at radius 3 is 2.45 bits per heavy atom. The number of hydrogen-bond acceptors (Lipinski definition) is 3. The van der Waals surface area contributed by atoms with Gasteiger partial charge in [0.2, 0.25) is 5.91 Å². The predicted molar refractivity (Wildman–Crippen MR) is 40.9 cm³/mol. The van der Waals surface area contributed by atoms with Crippen molar-refractivity contribution in [1.82, 2.24) is 5.06 Å². The molecule has 0 radical (unpaired) electrons. The number of amides is 1. The summed E-state index contributed by atoms with van der Waals surface area (Å²) >= 11 is 0. The molecule has 4 nitrogen and oxygen atoms in total. The minimum Gasteiger partial charge on any atom is -0.381 e. The molecule has 0 bridgehead atoms. The van der Waals surface area contributed by atoms with Crippen LogP contribution in [0.1, 0.15) is 13.3 Å². The van der Waals surface area contributed by atoms with Gasteiger partial charge in [-0.1, -0.05) is 0 Å². The Balaban J connectivity index is 3.68. The summed E-state index contributed by atoms with van der Waals surface area (Å²) < 4.78 is 4.91. The molecule has 66 valence electrons. The van der Waals surface area contributed by atoms with Crippen LogP contribution in [-0.2, 0) is 14.4 Å². The van der Waals surface area contributed by atoms with Crippen LogP contribution in [-0.4, -0.2) is 38.3 Å². The third-order valence-electron chi connectivity index (χ3n) is 1.49. The average molecular weight is 161 g/mol. The van der Waals surface area contributed by atoms with Gasteiger partial charge in [-0.15, -0.1) is 0 Å². The molecule has 1 amide bonds. The lowest BCUT2D eigenvalue weighted by atomic mass is 10.3. The van der Waals surface area contributed by atoms with Crippen LogP contribution in [0.2, 0.25) is 0 Å². The maximum atomic E-state index is 11.1. The lowest BCUT2D eigenvalue weighted by Gasteiger charge is -2.15. The molecule has 0 N–H and O–H groups in total. The summed E-state index contributed by atoms with van der Waals surface area (Å²) in [6.45, 7) is 1.83. The molecule has 0 heterocycles. The lowest BCUT2D eigenvalue weighted by molar-refractivity contribution is -0.170. The molecule has 11 heavy (non-hydrogen) atoms. The fourth-order valence-electron chi connectivity index (χ4n) is 0.560. The molecule has 0 saturated carbocycles. The number of hydrogen-bond donors (Lipinski definition) is 0. The van der Waals surface area contributed by atoms with E-state index in [1.54, 1.807) is 14.2 Å². The van der Waals surface area contributed by atoms with Crippen LogP contribution in [0.25, 0.3) is 0 Å². The molecule has 0 spiro atoms. The van der Waals surface area contributed by atoms with Gasteiger partial charge < -0.3 is 4.74 Å². The first kappa shape index (κ1) is 10.4. The van der Waals surface area contributed by atoms with Crippen LogP contribution >= 0.6 is 0 Å². The molecule has 0 aromatic carbocycles. The molecule has 4 heteroatoms. The Morgan fingerprint density at radius 1 is 1.55 bits per heavy atom. The first-order chi connectivity index (χ1) is 5.11. The maximum absolute atomic E-state index is 11.1. The summed E-state index contributed by atoms with van der Waals surface area (Å²) in [6, 6.07) is 0. The van der Waals surface area contributed by atoms with Crippen molar-refractivity contribution in [2.24, 2.45) is 0 Å². The van der Waals surface area contributed by atoms with Gasteiger partial charge in [0, 0.05) is 14.2 Å². The topological polar surface area (TPSA) is 38.8 Å². The molecule has 0 aromatic heterocycles. The molecule has 0 fully saturated rings. The second-order valence-corrected chi connectivity index (χ2v) is 2.32. The van der Waals surface area contributed by atoms with Crippen molar-refractivity contribution in [1.29, 1.82) is 0 Å². The van der Waals surface area contributed by atoms with Gasteiger partial charge in [-0.05, 0) is 6.92 Å². The Kier molecular flexibility index (Phi) is 4.81. The van der Waals surface area contributed by atoms with Crippen molar-refractivity contribution >= 4 is 5.91 Å². The monoisotopic (exact) mass is 161 g/mol.